The van der Waals surface area contributed by atoms with Crippen molar-refractivity contribution in [3.8, 4) is 12.3 Å². The molecule has 0 radical (unpaired) electrons. The molecule has 1 aromatic carbocycles. The van der Waals surface area contributed by atoms with Gasteiger partial charge in [0.25, 0.3) is 5.91 Å². The van der Waals surface area contributed by atoms with E-state index in [9.17, 15) is 9.18 Å². The molecule has 0 fully saturated rings. The first-order chi connectivity index (χ1) is 12.6. The normalized spacial score (nSPS) is 12.0. The van der Waals surface area contributed by atoms with E-state index in [2.05, 4.69) is 15.9 Å². The number of nitrogens with zero attached hydrogens (tertiary/aromatic N) is 4. The molecule has 1 amide bonds. The number of pyridine rings is 1. The van der Waals surface area contributed by atoms with Crippen LogP contribution in [0.25, 0.3) is 15.9 Å². The van der Waals surface area contributed by atoms with E-state index in [4.69, 9.17) is 6.42 Å². The lowest BCUT2D eigenvalue weighted by atomic mass is 10.3. The topological polar surface area (TPSA) is 51.7 Å². The van der Waals surface area contributed by atoms with Gasteiger partial charge in [0.1, 0.15) is 17.2 Å². The van der Waals surface area contributed by atoms with Gasteiger partial charge in [-0.3, -0.25) is 9.20 Å². The highest BCUT2D eigenvalue weighted by molar-refractivity contribution is 7.16. The Bertz CT molecular complexity index is 1270. The summed E-state index contributed by atoms with van der Waals surface area (Å²) in [4.78, 5) is 21.9. The summed E-state index contributed by atoms with van der Waals surface area (Å²) in [5.41, 5.74) is 2.42. The van der Waals surface area contributed by atoms with Crippen molar-refractivity contribution in [1.29, 1.82) is 0 Å². The Labute approximate surface area is 152 Å². The Morgan fingerprint density at radius 1 is 1.38 bits per heavy atom. The number of carbonyl (C=O) groups excluding carboxylic acids is 1. The lowest BCUT2D eigenvalue weighted by Crippen LogP contribution is -2.17. The summed E-state index contributed by atoms with van der Waals surface area (Å²) >= 11 is 1.23. The highest BCUT2D eigenvalue weighted by atomic mass is 32.1. The van der Waals surface area contributed by atoms with Gasteiger partial charge in [-0.15, -0.1) is 6.42 Å². The number of fused-ring (bicyclic) bond motifs is 2. The Kier molecular flexibility index (Phi) is 3.90. The van der Waals surface area contributed by atoms with Crippen LogP contribution in [-0.4, -0.2) is 19.9 Å². The van der Waals surface area contributed by atoms with Crippen LogP contribution in [-0.2, 0) is 6.54 Å². The van der Waals surface area contributed by atoms with Gasteiger partial charge in [-0.2, -0.15) is 4.99 Å². The molecular weight excluding hydrogens is 351 g/mol. The van der Waals surface area contributed by atoms with Crippen LogP contribution in [0.1, 0.15) is 16.2 Å². The third-order valence-corrected chi connectivity index (χ3v) is 5.04. The molecule has 26 heavy (non-hydrogen) atoms. The number of hydrogen-bond donors (Lipinski definition) is 0. The molecule has 0 aliphatic heterocycles. The van der Waals surface area contributed by atoms with E-state index < -0.39 is 5.91 Å². The molecule has 5 nitrogen and oxygen atoms in total. The van der Waals surface area contributed by atoms with Gasteiger partial charge in [-0.25, -0.2) is 9.37 Å². The van der Waals surface area contributed by atoms with E-state index in [0.29, 0.717) is 26.5 Å². The second-order valence-corrected chi connectivity index (χ2v) is 6.69. The fourth-order valence-electron chi connectivity index (χ4n) is 2.89. The zero-order valence-corrected chi connectivity index (χ0v) is 14.6. The van der Waals surface area contributed by atoms with Crippen LogP contribution in [0.3, 0.4) is 0 Å². The molecule has 0 aliphatic carbocycles. The molecule has 3 aromatic heterocycles. The number of benzene rings is 1. The average molecular weight is 364 g/mol. The van der Waals surface area contributed by atoms with Gasteiger partial charge in [0.15, 0.2) is 4.80 Å². The molecular formula is C19H13FN4OS. The van der Waals surface area contributed by atoms with Crippen LogP contribution >= 0.6 is 11.3 Å². The molecule has 0 unspecified atom stereocenters. The maximum Gasteiger partial charge on any atom is 0.298 e. The third kappa shape index (κ3) is 2.61. The quantitative estimate of drug-likeness (QED) is 0.513. The SMILES string of the molecule is C#CCn1c(=NC(=O)c2c(C)nc3ccccn23)sc2cc(F)ccc21. The molecule has 4 aromatic rings. The fraction of sp³-hybridized carbons (Fsp3) is 0.105. The fourth-order valence-corrected chi connectivity index (χ4v) is 3.94. The summed E-state index contributed by atoms with van der Waals surface area (Å²) < 4.78 is 17.6. The minimum Gasteiger partial charge on any atom is -0.305 e. The molecule has 128 valence electrons. The van der Waals surface area contributed by atoms with Crippen LogP contribution in [0.4, 0.5) is 4.39 Å². The van der Waals surface area contributed by atoms with E-state index in [1.165, 1.54) is 23.5 Å². The molecule has 3 heterocycles. The maximum absolute atomic E-state index is 13.5. The molecule has 0 saturated carbocycles. The molecule has 0 bridgehead atoms. The van der Waals surface area contributed by atoms with Crippen molar-refractivity contribution in [1.82, 2.24) is 14.0 Å². The Balaban J connectivity index is 1.93. The van der Waals surface area contributed by atoms with Crippen molar-refractivity contribution in [2.45, 2.75) is 13.5 Å². The van der Waals surface area contributed by atoms with Crippen molar-refractivity contribution >= 4 is 33.1 Å². The highest BCUT2D eigenvalue weighted by Gasteiger charge is 2.16. The Hall–Kier alpha value is -3.24. The second kappa shape index (κ2) is 6.24. The number of amides is 1. The van der Waals surface area contributed by atoms with Crippen molar-refractivity contribution in [3.63, 3.8) is 0 Å². The summed E-state index contributed by atoms with van der Waals surface area (Å²) in [6.45, 7) is 2.01. The number of carbonyl (C=O) groups is 1. The van der Waals surface area contributed by atoms with Gasteiger partial charge in [-0.05, 0) is 37.3 Å². The zero-order valence-electron chi connectivity index (χ0n) is 13.8. The first-order valence-corrected chi connectivity index (χ1v) is 8.65. The van der Waals surface area contributed by atoms with Gasteiger partial charge >= 0.3 is 0 Å². The lowest BCUT2D eigenvalue weighted by Gasteiger charge is -2.00. The molecule has 0 spiro atoms. The van der Waals surface area contributed by atoms with Crippen LogP contribution in [0, 0.1) is 25.1 Å². The van der Waals surface area contributed by atoms with Gasteiger partial charge in [0.2, 0.25) is 0 Å². The van der Waals surface area contributed by atoms with Gasteiger partial charge in [0.05, 0.1) is 22.5 Å². The number of halogens is 1. The Morgan fingerprint density at radius 3 is 3.04 bits per heavy atom. The van der Waals surface area contributed by atoms with E-state index in [0.717, 1.165) is 5.52 Å². The predicted octanol–water partition coefficient (Wildman–Crippen LogP) is 3.17. The molecule has 4 rings (SSSR count). The number of thiazole rings is 1. The smallest absolute Gasteiger partial charge is 0.298 e. The first-order valence-electron chi connectivity index (χ1n) is 7.83. The van der Waals surface area contributed by atoms with Crippen LogP contribution < -0.4 is 4.80 Å². The molecule has 7 heteroatoms. The maximum atomic E-state index is 13.5. The number of rotatable bonds is 2. The summed E-state index contributed by atoms with van der Waals surface area (Å²) in [6, 6.07) is 9.92. The molecule has 0 aliphatic rings. The van der Waals surface area contributed by atoms with E-state index in [1.807, 2.05) is 18.2 Å². The first kappa shape index (κ1) is 16.2. The molecule has 0 N–H and O–H groups in total. The van der Waals surface area contributed by atoms with E-state index >= 15 is 0 Å². The summed E-state index contributed by atoms with van der Waals surface area (Å²) in [6.07, 6.45) is 7.22. The minimum atomic E-state index is -0.418. The standard InChI is InChI=1S/C19H13FN4OS/c1-3-9-23-14-8-7-13(20)11-15(14)26-19(23)22-18(25)17-12(2)21-16-6-4-5-10-24(16)17/h1,4-8,10-11H,9H2,2H3. The minimum absolute atomic E-state index is 0.240. The number of hydrogen-bond acceptors (Lipinski definition) is 3. The highest BCUT2D eigenvalue weighted by Crippen LogP contribution is 2.19. The number of imidazole rings is 1. The molecule has 0 saturated heterocycles. The van der Waals surface area contributed by atoms with Crippen LogP contribution in [0.5, 0.6) is 0 Å². The number of aryl methyl sites for hydroxylation is 1. The van der Waals surface area contributed by atoms with Crippen LogP contribution in [0.2, 0.25) is 0 Å². The second-order valence-electron chi connectivity index (χ2n) is 5.68. The summed E-state index contributed by atoms with van der Waals surface area (Å²) in [5, 5.41) is 0. The van der Waals surface area contributed by atoms with Gasteiger partial charge in [-0.1, -0.05) is 23.3 Å². The lowest BCUT2D eigenvalue weighted by molar-refractivity contribution is 0.0991. The molecule has 0 atom stereocenters. The largest absolute Gasteiger partial charge is 0.305 e. The third-order valence-electron chi connectivity index (χ3n) is 4.00. The van der Waals surface area contributed by atoms with Crippen molar-refractivity contribution in [2.75, 3.05) is 0 Å². The zero-order chi connectivity index (χ0) is 18.3. The number of terminal acetylenes is 1. The van der Waals surface area contributed by atoms with Crippen molar-refractivity contribution in [2.24, 2.45) is 4.99 Å². The van der Waals surface area contributed by atoms with E-state index in [-0.39, 0.29) is 12.4 Å². The summed E-state index contributed by atoms with van der Waals surface area (Å²) in [5.74, 6) is 1.79. The van der Waals surface area contributed by atoms with Gasteiger partial charge in [0, 0.05) is 6.20 Å². The van der Waals surface area contributed by atoms with Crippen molar-refractivity contribution in [3.05, 3.63) is 64.6 Å². The summed E-state index contributed by atoms with van der Waals surface area (Å²) in [7, 11) is 0. The van der Waals surface area contributed by atoms with Crippen LogP contribution in [0.15, 0.2) is 47.6 Å². The van der Waals surface area contributed by atoms with E-state index in [1.54, 1.807) is 28.2 Å². The monoisotopic (exact) mass is 364 g/mol. The average Bonchev–Trinajstić information content (AvgIpc) is 3.11. The predicted molar refractivity (Wildman–Crippen MR) is 98.4 cm³/mol. The Morgan fingerprint density at radius 2 is 2.23 bits per heavy atom. The van der Waals surface area contributed by atoms with Gasteiger partial charge < -0.3 is 4.57 Å². The van der Waals surface area contributed by atoms with Crippen molar-refractivity contribution < 1.29 is 9.18 Å². The number of aromatic nitrogens is 3.